The van der Waals surface area contributed by atoms with Gasteiger partial charge >= 0.3 is 0 Å². The van der Waals surface area contributed by atoms with Crippen LogP contribution >= 0.6 is 27.7 Å². The maximum Gasteiger partial charge on any atom is 0.293 e. The molecular weight excluding hydrogens is 632 g/mol. The molecule has 226 valence electrons. The first kappa shape index (κ1) is 32.2. The van der Waals surface area contributed by atoms with E-state index in [-0.39, 0.29) is 42.7 Å². The number of nitrogens with one attached hydrogen (secondary N) is 1. The fourth-order valence-electron chi connectivity index (χ4n) is 4.48. The molecule has 4 rings (SSSR count). The molecule has 3 aromatic carbocycles. The lowest BCUT2D eigenvalue weighted by Gasteiger charge is -2.17. The topological polar surface area (TPSA) is 94.2 Å². The number of halogens is 1. The van der Waals surface area contributed by atoms with Crippen molar-refractivity contribution in [2.75, 3.05) is 32.2 Å². The second-order valence-corrected chi connectivity index (χ2v) is 12.3. The Morgan fingerprint density at radius 1 is 0.977 bits per heavy atom. The van der Waals surface area contributed by atoms with Crippen molar-refractivity contribution in [1.29, 1.82) is 0 Å². The molecule has 0 spiro atoms. The number of nitrogens with zero attached hydrogens (tertiary/aromatic N) is 1. The molecule has 0 radical (unpaired) electrons. The minimum Gasteiger partial charge on any atom is -0.493 e. The molecule has 1 N–H and O–H groups in total. The Morgan fingerprint density at radius 2 is 1.74 bits per heavy atom. The molecule has 8 nitrogen and oxygen atoms in total. The second-order valence-electron chi connectivity index (χ2n) is 10.5. The fraction of sp³-hybridized carbons (Fsp3) is 0.303. The minimum absolute atomic E-state index is 0.144. The molecule has 3 aromatic rings. The highest BCUT2D eigenvalue weighted by Crippen LogP contribution is 2.35. The molecule has 1 fully saturated rings. The number of thioether (sulfide) groups is 1. The van der Waals surface area contributed by atoms with Gasteiger partial charge in [-0.1, -0.05) is 48.0 Å². The second kappa shape index (κ2) is 14.1. The van der Waals surface area contributed by atoms with Crippen LogP contribution in [0.1, 0.15) is 47.6 Å². The number of hydrogen-bond acceptors (Lipinski definition) is 7. The van der Waals surface area contributed by atoms with Gasteiger partial charge in [0.2, 0.25) is 0 Å². The van der Waals surface area contributed by atoms with Gasteiger partial charge in [-0.15, -0.1) is 0 Å². The van der Waals surface area contributed by atoms with E-state index in [1.54, 1.807) is 24.3 Å². The number of hydrogen-bond donors (Lipinski definition) is 1. The normalized spacial score (nSPS) is 14.0. The van der Waals surface area contributed by atoms with Gasteiger partial charge in [-0.2, -0.15) is 0 Å². The van der Waals surface area contributed by atoms with E-state index in [2.05, 4.69) is 35.1 Å². The summed E-state index contributed by atoms with van der Waals surface area (Å²) < 4.78 is 18.2. The van der Waals surface area contributed by atoms with Crippen LogP contribution in [0.15, 0.2) is 57.9 Å². The lowest BCUT2D eigenvalue weighted by molar-refractivity contribution is -0.123. The third-order valence-electron chi connectivity index (χ3n) is 7.08. The van der Waals surface area contributed by atoms with Crippen molar-refractivity contribution < 1.29 is 28.6 Å². The van der Waals surface area contributed by atoms with E-state index < -0.39 is 0 Å². The number of carbonyl (C=O) groups excluding carboxylic acids is 3. The fourth-order valence-corrected chi connectivity index (χ4v) is 5.77. The maximum atomic E-state index is 13.1. The number of amides is 3. The van der Waals surface area contributed by atoms with Crippen LogP contribution < -0.4 is 19.5 Å². The highest BCUT2D eigenvalue weighted by atomic mass is 79.9. The highest BCUT2D eigenvalue weighted by Gasteiger charge is 2.35. The van der Waals surface area contributed by atoms with Gasteiger partial charge in [0, 0.05) is 10.2 Å². The lowest BCUT2D eigenvalue weighted by atomic mass is 10.0. The van der Waals surface area contributed by atoms with Crippen molar-refractivity contribution in [3.8, 4) is 17.2 Å². The number of carbonyl (C=O) groups is 3. The molecule has 0 bridgehead atoms. The Balaban J connectivity index is 1.37. The molecule has 1 heterocycles. The zero-order chi connectivity index (χ0) is 31.3. The van der Waals surface area contributed by atoms with Crippen LogP contribution in [0.2, 0.25) is 0 Å². The van der Waals surface area contributed by atoms with E-state index in [0.29, 0.717) is 27.7 Å². The van der Waals surface area contributed by atoms with Crippen molar-refractivity contribution in [2.45, 2.75) is 40.5 Å². The first-order valence-corrected chi connectivity index (χ1v) is 15.4. The number of imide groups is 1. The summed E-state index contributed by atoms with van der Waals surface area (Å²) in [6.45, 7) is 10.2. The van der Waals surface area contributed by atoms with Crippen LogP contribution in [-0.2, 0) is 9.59 Å². The summed E-state index contributed by atoms with van der Waals surface area (Å²) in [5, 5.41) is 2.53. The molecule has 1 aliphatic rings. The molecule has 10 heteroatoms. The molecular formula is C33H35BrN2O6S. The molecule has 0 unspecified atom stereocenters. The zero-order valence-corrected chi connectivity index (χ0v) is 27.5. The molecule has 0 aromatic heterocycles. The quantitative estimate of drug-likeness (QED) is 0.210. The highest BCUT2D eigenvalue weighted by molar-refractivity contribution is 9.10. The summed E-state index contributed by atoms with van der Waals surface area (Å²) in [6, 6.07) is 14.9. The Kier molecular flexibility index (Phi) is 10.6. The van der Waals surface area contributed by atoms with Gasteiger partial charge in [0.25, 0.3) is 17.1 Å². The minimum atomic E-state index is -0.374. The van der Waals surface area contributed by atoms with Crippen LogP contribution in [0.5, 0.6) is 17.2 Å². The van der Waals surface area contributed by atoms with Gasteiger partial charge in [0.1, 0.15) is 12.4 Å². The first-order chi connectivity index (χ1) is 20.5. The Bertz CT molecular complexity index is 1590. The summed E-state index contributed by atoms with van der Waals surface area (Å²) in [5.74, 6) is 1.14. The monoisotopic (exact) mass is 666 g/mol. The van der Waals surface area contributed by atoms with Gasteiger partial charge in [-0.25, -0.2) is 0 Å². The van der Waals surface area contributed by atoms with Gasteiger partial charge in [0.15, 0.2) is 18.1 Å². The van der Waals surface area contributed by atoms with Gasteiger partial charge < -0.3 is 19.5 Å². The van der Waals surface area contributed by atoms with E-state index in [1.807, 2.05) is 51.1 Å². The smallest absolute Gasteiger partial charge is 0.293 e. The summed E-state index contributed by atoms with van der Waals surface area (Å²) in [6.07, 6.45) is 1.64. The third-order valence-corrected chi connectivity index (χ3v) is 8.84. The average Bonchev–Trinajstić information content (AvgIpc) is 3.23. The van der Waals surface area contributed by atoms with E-state index in [1.165, 1.54) is 12.0 Å². The summed E-state index contributed by atoms with van der Waals surface area (Å²) in [4.78, 5) is 39.8. The number of anilines is 1. The number of rotatable bonds is 11. The van der Waals surface area contributed by atoms with Crippen LogP contribution in [0.3, 0.4) is 0 Å². The van der Waals surface area contributed by atoms with Gasteiger partial charge in [-0.3, -0.25) is 19.3 Å². The third kappa shape index (κ3) is 7.80. The van der Waals surface area contributed by atoms with Crippen molar-refractivity contribution in [1.82, 2.24) is 4.90 Å². The number of benzene rings is 3. The van der Waals surface area contributed by atoms with E-state index in [4.69, 9.17) is 14.2 Å². The number of methoxy groups -OCH3 is 1. The summed E-state index contributed by atoms with van der Waals surface area (Å²) in [7, 11) is 1.49. The molecule has 43 heavy (non-hydrogen) atoms. The van der Waals surface area contributed by atoms with Gasteiger partial charge in [0.05, 0.1) is 18.6 Å². The van der Waals surface area contributed by atoms with Crippen molar-refractivity contribution >= 4 is 56.5 Å². The maximum absolute atomic E-state index is 13.1. The van der Waals surface area contributed by atoms with E-state index >= 15 is 0 Å². The molecule has 0 aliphatic carbocycles. The van der Waals surface area contributed by atoms with Crippen molar-refractivity contribution in [3.63, 3.8) is 0 Å². The van der Waals surface area contributed by atoms with E-state index in [0.717, 1.165) is 44.2 Å². The SMILES string of the molecule is COc1cc(/C=C2\SC(=O)N(CCOc3cc(C)ccc3C(C)C)C2=O)ccc1OCC(=O)Nc1ccc(Br)c(C)c1C. The van der Waals surface area contributed by atoms with Crippen molar-refractivity contribution in [2.24, 2.45) is 0 Å². The molecule has 3 amide bonds. The predicted octanol–water partition coefficient (Wildman–Crippen LogP) is 7.64. The largest absolute Gasteiger partial charge is 0.493 e. The molecule has 0 atom stereocenters. The molecule has 1 saturated heterocycles. The van der Waals surface area contributed by atoms with Crippen LogP contribution in [0.25, 0.3) is 6.08 Å². The summed E-state index contributed by atoms with van der Waals surface area (Å²) in [5.41, 5.74) is 5.54. The molecule has 0 saturated carbocycles. The van der Waals surface area contributed by atoms with Gasteiger partial charge in [-0.05, 0) is 103 Å². The Labute approximate surface area is 264 Å². The van der Waals surface area contributed by atoms with E-state index in [9.17, 15) is 14.4 Å². The molecule has 1 aliphatic heterocycles. The van der Waals surface area contributed by atoms with Crippen LogP contribution in [0.4, 0.5) is 10.5 Å². The number of aryl methyl sites for hydroxylation is 1. The first-order valence-electron chi connectivity index (χ1n) is 13.8. The Morgan fingerprint density at radius 3 is 2.47 bits per heavy atom. The predicted molar refractivity (Wildman–Crippen MR) is 174 cm³/mol. The average molecular weight is 668 g/mol. The summed E-state index contributed by atoms with van der Waals surface area (Å²) >= 11 is 4.38. The zero-order valence-electron chi connectivity index (χ0n) is 25.1. The lowest BCUT2D eigenvalue weighted by Crippen LogP contribution is -2.32. The van der Waals surface area contributed by atoms with Crippen molar-refractivity contribution in [3.05, 3.63) is 85.7 Å². The van der Waals surface area contributed by atoms with Crippen LogP contribution in [-0.4, -0.2) is 48.8 Å². The van der Waals surface area contributed by atoms with Crippen LogP contribution in [0, 0.1) is 20.8 Å². The number of ether oxygens (including phenoxy) is 3. The Hall–Kier alpha value is -3.76. The standard InChI is InChI=1S/C33H35BrN2O6S/c1-19(2)24-9-7-20(3)15-28(24)41-14-13-36-32(38)30(43-33(36)39)17-23-8-12-27(29(16-23)40-6)42-18-31(37)35-26-11-10-25(34)21(4)22(26)5/h7-12,15-17,19H,13-14,18H2,1-6H3,(H,35,37)/b30-17-.